The highest BCUT2D eigenvalue weighted by molar-refractivity contribution is 6.03. The summed E-state index contributed by atoms with van der Waals surface area (Å²) in [5.41, 5.74) is 0.338. The molecule has 0 aliphatic rings. The Labute approximate surface area is 140 Å². The number of ether oxygens (including phenoxy) is 1. The molecule has 6 heteroatoms. The average molecular weight is 330 g/mol. The lowest BCUT2D eigenvalue weighted by molar-refractivity contribution is -0.134. The fraction of sp³-hybridized carbons (Fsp3) is 0.389. The quantitative estimate of drug-likeness (QED) is 0.790. The van der Waals surface area contributed by atoms with Crippen LogP contribution < -0.4 is 5.56 Å². The number of esters is 1. The summed E-state index contributed by atoms with van der Waals surface area (Å²) in [6.07, 6.45) is 1.90. The number of benzene rings is 1. The average Bonchev–Trinajstić information content (AvgIpc) is 2.59. The Morgan fingerprint density at radius 1 is 1.21 bits per heavy atom. The number of para-hydroxylation sites is 1. The lowest BCUT2D eigenvalue weighted by Crippen LogP contribution is -2.35. The van der Waals surface area contributed by atoms with Crippen LogP contribution in [0.3, 0.4) is 0 Å². The molecular weight excluding hydrogens is 308 g/mol. The number of carbonyl (C=O) groups is 2. The van der Waals surface area contributed by atoms with Gasteiger partial charge in [0.15, 0.2) is 6.61 Å². The first-order valence-electron chi connectivity index (χ1n) is 8.13. The van der Waals surface area contributed by atoms with Crippen molar-refractivity contribution in [2.24, 2.45) is 0 Å². The summed E-state index contributed by atoms with van der Waals surface area (Å²) in [6.45, 7) is 4.84. The molecule has 0 spiro atoms. The third-order valence-electron chi connectivity index (χ3n) is 3.81. The maximum absolute atomic E-state index is 12.3. The number of rotatable bonds is 7. The molecule has 0 saturated carbocycles. The van der Waals surface area contributed by atoms with E-state index in [9.17, 15) is 14.4 Å². The summed E-state index contributed by atoms with van der Waals surface area (Å²) in [5, 5.41) is 0.591. The van der Waals surface area contributed by atoms with Gasteiger partial charge in [0.2, 0.25) is 5.56 Å². The number of nitrogens with one attached hydrogen (secondary N) is 1. The van der Waals surface area contributed by atoms with Crippen molar-refractivity contribution in [2.75, 3.05) is 19.7 Å². The van der Waals surface area contributed by atoms with Crippen molar-refractivity contribution in [3.05, 3.63) is 46.2 Å². The summed E-state index contributed by atoms with van der Waals surface area (Å²) < 4.78 is 5.13. The van der Waals surface area contributed by atoms with Crippen molar-refractivity contribution in [3.8, 4) is 0 Å². The van der Waals surface area contributed by atoms with Gasteiger partial charge in [-0.2, -0.15) is 0 Å². The summed E-state index contributed by atoms with van der Waals surface area (Å²) in [5.74, 6) is -0.898. The first kappa shape index (κ1) is 17.7. The predicted octanol–water partition coefficient (Wildman–Crippen LogP) is 2.33. The molecular formula is C18H22N2O4. The fourth-order valence-electron chi connectivity index (χ4n) is 2.48. The normalized spacial score (nSPS) is 10.6. The van der Waals surface area contributed by atoms with E-state index in [2.05, 4.69) is 11.9 Å². The van der Waals surface area contributed by atoms with Crippen LogP contribution in [-0.4, -0.2) is 41.5 Å². The summed E-state index contributed by atoms with van der Waals surface area (Å²) in [6, 6.07) is 8.17. The molecule has 0 aliphatic heterocycles. The minimum absolute atomic E-state index is 0.166. The Kier molecular flexibility index (Phi) is 6.12. The van der Waals surface area contributed by atoms with Crippen LogP contribution in [0, 0.1) is 0 Å². The number of fused-ring (bicyclic) bond motifs is 1. The molecule has 2 aromatic rings. The maximum Gasteiger partial charge on any atom is 0.339 e. The van der Waals surface area contributed by atoms with Gasteiger partial charge >= 0.3 is 5.97 Å². The summed E-state index contributed by atoms with van der Waals surface area (Å²) in [7, 11) is 0. The number of H-pyrrole nitrogens is 1. The first-order chi connectivity index (χ1) is 11.6. The Bertz CT molecular complexity index is 782. The van der Waals surface area contributed by atoms with Gasteiger partial charge in [0, 0.05) is 30.1 Å². The molecule has 1 aromatic heterocycles. The minimum atomic E-state index is -0.669. The molecule has 0 aliphatic carbocycles. The number of likely N-dealkylation sites (N-methyl/N-ethyl adjacent to an activating group) is 1. The van der Waals surface area contributed by atoms with Gasteiger partial charge in [-0.15, -0.1) is 0 Å². The molecule has 1 amide bonds. The third kappa shape index (κ3) is 4.22. The van der Waals surface area contributed by atoms with E-state index >= 15 is 0 Å². The topological polar surface area (TPSA) is 79.5 Å². The first-order valence-corrected chi connectivity index (χ1v) is 8.13. The Hall–Kier alpha value is -2.63. The van der Waals surface area contributed by atoms with Gasteiger partial charge in [-0.3, -0.25) is 9.59 Å². The molecule has 128 valence electrons. The van der Waals surface area contributed by atoms with Gasteiger partial charge in [-0.25, -0.2) is 4.79 Å². The Morgan fingerprint density at radius 2 is 1.96 bits per heavy atom. The molecule has 1 aromatic carbocycles. The SMILES string of the molecule is CCCCN(CC)C(=O)COC(=O)c1cc(=O)[nH]c2ccccc12. The van der Waals surface area contributed by atoms with E-state index in [0.29, 0.717) is 24.0 Å². The second-order valence-electron chi connectivity index (χ2n) is 5.50. The van der Waals surface area contributed by atoms with E-state index in [-0.39, 0.29) is 23.6 Å². The van der Waals surface area contributed by atoms with Crippen molar-refractivity contribution >= 4 is 22.8 Å². The van der Waals surface area contributed by atoms with Gasteiger partial charge in [0.25, 0.3) is 5.91 Å². The lowest BCUT2D eigenvalue weighted by Gasteiger charge is -2.20. The summed E-state index contributed by atoms with van der Waals surface area (Å²) in [4.78, 5) is 40.4. The zero-order chi connectivity index (χ0) is 17.5. The molecule has 0 radical (unpaired) electrons. The highest BCUT2D eigenvalue weighted by atomic mass is 16.5. The number of pyridine rings is 1. The third-order valence-corrected chi connectivity index (χ3v) is 3.81. The fourth-order valence-corrected chi connectivity index (χ4v) is 2.48. The largest absolute Gasteiger partial charge is 0.452 e. The highest BCUT2D eigenvalue weighted by Gasteiger charge is 2.17. The molecule has 0 unspecified atom stereocenters. The van der Waals surface area contributed by atoms with Gasteiger partial charge in [-0.1, -0.05) is 31.5 Å². The van der Waals surface area contributed by atoms with E-state index in [4.69, 9.17) is 4.74 Å². The number of carbonyl (C=O) groups excluding carboxylic acids is 2. The van der Waals surface area contributed by atoms with Crippen LogP contribution in [0.25, 0.3) is 10.9 Å². The summed E-state index contributed by atoms with van der Waals surface area (Å²) >= 11 is 0. The number of nitrogens with zero attached hydrogens (tertiary/aromatic N) is 1. The maximum atomic E-state index is 12.3. The molecule has 0 saturated heterocycles. The Balaban J connectivity index is 2.10. The van der Waals surface area contributed by atoms with Crippen LogP contribution in [-0.2, 0) is 9.53 Å². The molecule has 0 atom stereocenters. The van der Waals surface area contributed by atoms with Gasteiger partial charge < -0.3 is 14.6 Å². The number of unbranched alkanes of at least 4 members (excludes halogenated alkanes) is 1. The molecule has 1 N–H and O–H groups in total. The van der Waals surface area contributed by atoms with Gasteiger partial charge in [-0.05, 0) is 19.4 Å². The number of hydrogen-bond acceptors (Lipinski definition) is 4. The zero-order valence-corrected chi connectivity index (χ0v) is 14.0. The van der Waals surface area contributed by atoms with Crippen LogP contribution >= 0.6 is 0 Å². The van der Waals surface area contributed by atoms with Crippen LogP contribution in [0.1, 0.15) is 37.0 Å². The van der Waals surface area contributed by atoms with Gasteiger partial charge in [0.05, 0.1) is 5.56 Å². The molecule has 1 heterocycles. The molecule has 6 nitrogen and oxygen atoms in total. The molecule has 2 rings (SSSR count). The highest BCUT2D eigenvalue weighted by Crippen LogP contribution is 2.15. The smallest absolute Gasteiger partial charge is 0.339 e. The zero-order valence-electron chi connectivity index (χ0n) is 14.0. The van der Waals surface area contributed by atoms with E-state index in [1.807, 2.05) is 6.92 Å². The van der Waals surface area contributed by atoms with Gasteiger partial charge in [0.1, 0.15) is 0 Å². The number of amides is 1. The van der Waals surface area contributed by atoms with Crippen LogP contribution in [0.5, 0.6) is 0 Å². The predicted molar refractivity (Wildman–Crippen MR) is 92.0 cm³/mol. The van der Waals surface area contributed by atoms with Crippen molar-refractivity contribution in [3.63, 3.8) is 0 Å². The van der Waals surface area contributed by atoms with Crippen molar-refractivity contribution in [1.29, 1.82) is 0 Å². The van der Waals surface area contributed by atoms with Crippen molar-refractivity contribution in [2.45, 2.75) is 26.7 Å². The van der Waals surface area contributed by atoms with E-state index in [1.54, 1.807) is 29.2 Å². The lowest BCUT2D eigenvalue weighted by atomic mass is 10.1. The van der Waals surface area contributed by atoms with Crippen molar-refractivity contribution in [1.82, 2.24) is 9.88 Å². The Morgan fingerprint density at radius 3 is 2.67 bits per heavy atom. The second kappa shape index (κ2) is 8.29. The standard InChI is InChI=1S/C18H22N2O4/c1-3-5-10-20(4-2)17(22)12-24-18(23)14-11-16(21)19-15-9-7-6-8-13(14)15/h6-9,11H,3-5,10,12H2,1-2H3,(H,19,21). The minimum Gasteiger partial charge on any atom is -0.452 e. The number of aromatic nitrogens is 1. The number of aromatic amines is 1. The van der Waals surface area contributed by atoms with Crippen LogP contribution in [0.15, 0.2) is 35.1 Å². The molecule has 24 heavy (non-hydrogen) atoms. The van der Waals surface area contributed by atoms with Crippen molar-refractivity contribution < 1.29 is 14.3 Å². The monoisotopic (exact) mass is 330 g/mol. The number of hydrogen-bond donors (Lipinski definition) is 1. The second-order valence-corrected chi connectivity index (χ2v) is 5.50. The molecule has 0 bridgehead atoms. The van der Waals surface area contributed by atoms with E-state index in [1.165, 1.54) is 6.07 Å². The van der Waals surface area contributed by atoms with Crippen LogP contribution in [0.2, 0.25) is 0 Å². The van der Waals surface area contributed by atoms with E-state index < -0.39 is 5.97 Å². The molecule has 0 fully saturated rings. The van der Waals surface area contributed by atoms with E-state index in [0.717, 1.165) is 12.8 Å². The van der Waals surface area contributed by atoms with Crippen LogP contribution in [0.4, 0.5) is 0 Å².